The molecule has 6 nitrogen and oxygen atoms in total. The monoisotopic (exact) mass is 339 g/mol. The number of hydrogen-bond donors (Lipinski definition) is 3. The number of piperazine rings is 1. The lowest BCUT2D eigenvalue weighted by Gasteiger charge is -2.28. The van der Waals surface area contributed by atoms with Crippen LogP contribution in [0.4, 0.5) is 10.1 Å². The molecular formula is C17H26FN3O3+2. The first kappa shape index (κ1) is 18.4. The van der Waals surface area contributed by atoms with Crippen LogP contribution in [-0.4, -0.2) is 57.2 Å². The maximum atomic E-state index is 12.8. The fourth-order valence-electron chi connectivity index (χ4n) is 2.78. The number of hydrogen-bond acceptors (Lipinski definition) is 3. The lowest BCUT2D eigenvalue weighted by molar-refractivity contribution is -1.00. The SMILES string of the molecule is CC(C)OC(=O)C[NH+]1CC[NH+](CC(=O)Nc2ccc(F)cc2)CC1. The largest absolute Gasteiger partial charge is 0.459 e. The normalized spacial score (nSPS) is 20.7. The van der Waals surface area contributed by atoms with E-state index in [1.54, 1.807) is 12.1 Å². The summed E-state index contributed by atoms with van der Waals surface area (Å²) in [5, 5.41) is 2.77. The second-order valence-corrected chi connectivity index (χ2v) is 6.45. The van der Waals surface area contributed by atoms with E-state index in [4.69, 9.17) is 4.74 Å². The van der Waals surface area contributed by atoms with E-state index in [9.17, 15) is 14.0 Å². The van der Waals surface area contributed by atoms with Crippen LogP contribution in [0, 0.1) is 5.82 Å². The molecule has 0 bridgehead atoms. The van der Waals surface area contributed by atoms with Crippen molar-refractivity contribution in [3.05, 3.63) is 30.1 Å². The Labute approximate surface area is 141 Å². The summed E-state index contributed by atoms with van der Waals surface area (Å²) >= 11 is 0. The topological polar surface area (TPSA) is 64.3 Å². The number of amides is 1. The van der Waals surface area contributed by atoms with E-state index in [1.165, 1.54) is 21.9 Å². The maximum Gasteiger partial charge on any atom is 0.361 e. The van der Waals surface area contributed by atoms with Gasteiger partial charge in [0.25, 0.3) is 5.91 Å². The van der Waals surface area contributed by atoms with E-state index in [0.29, 0.717) is 18.8 Å². The molecule has 2 rings (SSSR count). The lowest BCUT2D eigenvalue weighted by Crippen LogP contribution is -3.28. The summed E-state index contributed by atoms with van der Waals surface area (Å²) in [4.78, 5) is 26.1. The smallest absolute Gasteiger partial charge is 0.361 e. The van der Waals surface area contributed by atoms with Gasteiger partial charge < -0.3 is 19.9 Å². The Morgan fingerprint density at radius 2 is 1.62 bits per heavy atom. The Balaban J connectivity index is 1.69. The molecule has 0 spiro atoms. The molecule has 1 fully saturated rings. The molecule has 1 aliphatic heterocycles. The quantitative estimate of drug-likeness (QED) is 0.553. The van der Waals surface area contributed by atoms with Crippen molar-refractivity contribution >= 4 is 17.6 Å². The highest BCUT2D eigenvalue weighted by Gasteiger charge is 2.26. The van der Waals surface area contributed by atoms with Gasteiger partial charge in [-0.15, -0.1) is 0 Å². The molecule has 1 saturated heterocycles. The zero-order valence-corrected chi connectivity index (χ0v) is 14.2. The van der Waals surface area contributed by atoms with Crippen molar-refractivity contribution in [1.82, 2.24) is 0 Å². The van der Waals surface area contributed by atoms with Crippen LogP contribution < -0.4 is 15.1 Å². The molecule has 3 N–H and O–H groups in total. The highest BCUT2D eigenvalue weighted by Crippen LogP contribution is 2.07. The predicted octanol–water partition coefficient (Wildman–Crippen LogP) is -1.50. The van der Waals surface area contributed by atoms with Gasteiger partial charge in [-0.2, -0.15) is 0 Å². The van der Waals surface area contributed by atoms with Crippen LogP contribution in [0.5, 0.6) is 0 Å². The summed E-state index contributed by atoms with van der Waals surface area (Å²) in [6, 6.07) is 5.73. The van der Waals surface area contributed by atoms with Gasteiger partial charge in [0.15, 0.2) is 13.1 Å². The van der Waals surface area contributed by atoms with Gasteiger partial charge in [-0.05, 0) is 38.1 Å². The van der Waals surface area contributed by atoms with Gasteiger partial charge >= 0.3 is 5.97 Å². The minimum Gasteiger partial charge on any atom is -0.459 e. The third-order valence-electron chi connectivity index (χ3n) is 3.96. The number of benzene rings is 1. The summed E-state index contributed by atoms with van der Waals surface area (Å²) in [6.45, 7) is 7.79. The molecule has 24 heavy (non-hydrogen) atoms. The highest BCUT2D eigenvalue weighted by atomic mass is 19.1. The third-order valence-corrected chi connectivity index (χ3v) is 3.96. The Morgan fingerprint density at radius 3 is 2.17 bits per heavy atom. The first-order valence-corrected chi connectivity index (χ1v) is 8.34. The molecule has 1 aliphatic rings. The minimum absolute atomic E-state index is 0.0840. The molecule has 1 amide bonds. The number of carbonyl (C=O) groups is 2. The Kier molecular flexibility index (Phi) is 6.69. The first-order chi connectivity index (χ1) is 11.4. The summed E-state index contributed by atoms with van der Waals surface area (Å²) in [7, 11) is 0. The molecule has 132 valence electrons. The van der Waals surface area contributed by atoms with Crippen molar-refractivity contribution in [2.75, 3.05) is 44.6 Å². The van der Waals surface area contributed by atoms with Crippen molar-refractivity contribution in [2.45, 2.75) is 20.0 Å². The molecule has 0 radical (unpaired) electrons. The Morgan fingerprint density at radius 1 is 1.08 bits per heavy atom. The number of halogens is 1. The molecule has 1 heterocycles. The van der Waals surface area contributed by atoms with Crippen molar-refractivity contribution in [3.63, 3.8) is 0 Å². The average Bonchev–Trinajstić information content (AvgIpc) is 2.51. The van der Waals surface area contributed by atoms with Crippen LogP contribution in [-0.2, 0) is 14.3 Å². The second-order valence-electron chi connectivity index (χ2n) is 6.45. The highest BCUT2D eigenvalue weighted by molar-refractivity contribution is 5.91. The number of esters is 1. The predicted molar refractivity (Wildman–Crippen MR) is 87.4 cm³/mol. The van der Waals surface area contributed by atoms with E-state index < -0.39 is 0 Å². The van der Waals surface area contributed by atoms with E-state index in [2.05, 4.69) is 5.32 Å². The van der Waals surface area contributed by atoms with Crippen molar-refractivity contribution in [3.8, 4) is 0 Å². The van der Waals surface area contributed by atoms with Crippen molar-refractivity contribution in [1.29, 1.82) is 0 Å². The molecule has 1 aromatic carbocycles. The molecule has 0 aliphatic carbocycles. The van der Waals surface area contributed by atoms with E-state index in [0.717, 1.165) is 26.2 Å². The fourth-order valence-corrected chi connectivity index (χ4v) is 2.78. The summed E-state index contributed by atoms with van der Waals surface area (Å²) in [5.74, 6) is -0.578. The van der Waals surface area contributed by atoms with Crippen LogP contribution in [0.15, 0.2) is 24.3 Å². The van der Waals surface area contributed by atoms with E-state index in [1.807, 2.05) is 13.8 Å². The zero-order valence-electron chi connectivity index (χ0n) is 14.2. The summed E-state index contributed by atoms with van der Waals surface area (Å²) in [5.41, 5.74) is 0.599. The number of carbonyl (C=O) groups excluding carboxylic acids is 2. The third kappa shape index (κ3) is 6.25. The average molecular weight is 339 g/mol. The Hall–Kier alpha value is -1.99. The van der Waals surface area contributed by atoms with Gasteiger partial charge in [0, 0.05) is 5.69 Å². The number of nitrogens with one attached hydrogen (secondary N) is 3. The van der Waals surface area contributed by atoms with Gasteiger partial charge in [-0.3, -0.25) is 4.79 Å². The number of quaternary nitrogens is 2. The zero-order chi connectivity index (χ0) is 17.5. The van der Waals surface area contributed by atoms with Crippen LogP contribution in [0.3, 0.4) is 0 Å². The van der Waals surface area contributed by atoms with E-state index in [-0.39, 0.29) is 23.8 Å². The van der Waals surface area contributed by atoms with E-state index >= 15 is 0 Å². The molecule has 7 heteroatoms. The van der Waals surface area contributed by atoms with Gasteiger partial charge in [0.05, 0.1) is 6.10 Å². The molecular weight excluding hydrogens is 313 g/mol. The second kappa shape index (κ2) is 8.75. The number of ether oxygens (including phenoxy) is 1. The molecule has 0 saturated carbocycles. The summed E-state index contributed by atoms with van der Waals surface area (Å²) in [6.07, 6.45) is -0.0843. The number of anilines is 1. The van der Waals surface area contributed by atoms with Crippen molar-refractivity contribution in [2.24, 2.45) is 0 Å². The number of rotatable bonds is 6. The molecule has 0 unspecified atom stereocenters. The standard InChI is InChI=1S/C17H24FN3O3/c1-13(2)24-17(23)12-21-9-7-20(8-10-21)11-16(22)19-15-5-3-14(18)4-6-15/h3-6,13H,7-12H2,1-2H3,(H,19,22)/p+2. The molecule has 0 atom stereocenters. The fraction of sp³-hybridized carbons (Fsp3) is 0.529. The maximum absolute atomic E-state index is 12.8. The van der Waals surface area contributed by atoms with Gasteiger partial charge in [0.2, 0.25) is 0 Å². The molecule has 0 aromatic heterocycles. The van der Waals surface area contributed by atoms with Crippen molar-refractivity contribution < 1.29 is 28.5 Å². The van der Waals surface area contributed by atoms with Crippen LogP contribution in [0.1, 0.15) is 13.8 Å². The van der Waals surface area contributed by atoms with Gasteiger partial charge in [-0.1, -0.05) is 0 Å². The van der Waals surface area contributed by atoms with Gasteiger partial charge in [-0.25, -0.2) is 9.18 Å². The molecule has 1 aromatic rings. The first-order valence-electron chi connectivity index (χ1n) is 8.34. The van der Waals surface area contributed by atoms with Crippen LogP contribution in [0.25, 0.3) is 0 Å². The van der Waals surface area contributed by atoms with Gasteiger partial charge in [0.1, 0.15) is 32.0 Å². The van der Waals surface area contributed by atoms with Crippen LogP contribution in [0.2, 0.25) is 0 Å². The van der Waals surface area contributed by atoms with Crippen LogP contribution >= 0.6 is 0 Å². The minimum atomic E-state index is -0.325. The Bertz CT molecular complexity index is 555. The summed E-state index contributed by atoms with van der Waals surface area (Å²) < 4.78 is 18.0. The lowest BCUT2D eigenvalue weighted by atomic mass is 10.3.